The fraction of sp³-hybridized carbons (Fsp3) is 0.464. The Morgan fingerprint density at radius 2 is 1.57 bits per heavy atom. The molecule has 3 aliphatic rings. The first-order chi connectivity index (χ1) is 16.9. The first kappa shape index (κ1) is 23.4. The second-order valence-corrected chi connectivity index (χ2v) is 10.2. The number of carboxylic acid groups (broad SMARTS) is 1. The maximum atomic E-state index is 12.9. The average Bonchev–Trinajstić information content (AvgIpc) is 3.56. The predicted molar refractivity (Wildman–Crippen MR) is 131 cm³/mol. The number of hydrogen-bond donors (Lipinski definition) is 3. The van der Waals surface area contributed by atoms with Gasteiger partial charge in [-0.2, -0.15) is 0 Å². The Morgan fingerprint density at radius 3 is 2.20 bits per heavy atom. The molecule has 2 amide bonds. The minimum Gasteiger partial charge on any atom is -0.481 e. The minimum atomic E-state index is -0.881. The summed E-state index contributed by atoms with van der Waals surface area (Å²) in [5.74, 6) is -1.19. The van der Waals surface area contributed by atoms with Gasteiger partial charge in [-0.1, -0.05) is 61.4 Å². The van der Waals surface area contributed by atoms with Gasteiger partial charge in [0, 0.05) is 17.9 Å². The molecule has 3 N–H and O–H groups in total. The quantitative estimate of drug-likeness (QED) is 0.542. The number of alkyl carbamates (subject to hydrolysis) is 1. The van der Waals surface area contributed by atoms with Crippen molar-refractivity contribution in [3.8, 4) is 11.1 Å². The highest BCUT2D eigenvalue weighted by Crippen LogP contribution is 2.44. The summed E-state index contributed by atoms with van der Waals surface area (Å²) in [5.41, 5.74) is 4.08. The predicted octanol–water partition coefficient (Wildman–Crippen LogP) is 4.60. The molecule has 2 saturated carbocycles. The van der Waals surface area contributed by atoms with Crippen LogP contribution in [0.4, 0.5) is 4.79 Å². The SMILES string of the molecule is O=C(O)CC1(NC(=O)[C@@H]2CC[C@H](NC(=O)OCC3c4ccccc4-c4ccccc43)C2)CCCC1. The molecule has 3 aliphatic carbocycles. The van der Waals surface area contributed by atoms with Crippen LogP contribution in [0.3, 0.4) is 0 Å². The Morgan fingerprint density at radius 1 is 0.943 bits per heavy atom. The molecule has 0 saturated heterocycles. The van der Waals surface area contributed by atoms with Crippen LogP contribution in [-0.4, -0.2) is 41.3 Å². The first-order valence-corrected chi connectivity index (χ1v) is 12.6. The number of rotatable bonds is 7. The Labute approximate surface area is 205 Å². The molecular weight excluding hydrogens is 444 g/mol. The van der Waals surface area contributed by atoms with Crippen LogP contribution in [0.1, 0.15) is 68.4 Å². The van der Waals surface area contributed by atoms with Gasteiger partial charge in [-0.3, -0.25) is 9.59 Å². The standard InChI is InChI=1S/C28H32N2O5/c31-25(32)16-28(13-5-6-14-28)30-26(33)18-11-12-19(15-18)29-27(34)35-17-24-22-9-3-1-7-20(22)21-8-2-4-10-23(21)24/h1-4,7-10,18-19,24H,5-6,11-17H2,(H,29,34)(H,30,33)(H,31,32)/t18-,19+/m1/s1. The number of carbonyl (C=O) groups is 3. The highest BCUT2D eigenvalue weighted by Gasteiger charge is 2.40. The normalized spacial score (nSPS) is 22.3. The van der Waals surface area contributed by atoms with Crippen molar-refractivity contribution in [1.29, 1.82) is 0 Å². The van der Waals surface area contributed by atoms with Crippen LogP contribution in [-0.2, 0) is 14.3 Å². The van der Waals surface area contributed by atoms with Crippen LogP contribution in [0.15, 0.2) is 48.5 Å². The summed E-state index contributed by atoms with van der Waals surface area (Å²) in [6.45, 7) is 0.258. The summed E-state index contributed by atoms with van der Waals surface area (Å²) in [7, 11) is 0. The molecule has 0 radical (unpaired) electrons. The molecule has 0 heterocycles. The van der Waals surface area contributed by atoms with E-state index in [0.717, 1.165) is 12.8 Å². The summed E-state index contributed by atoms with van der Waals surface area (Å²) in [5, 5.41) is 15.3. The highest BCUT2D eigenvalue weighted by molar-refractivity contribution is 5.81. The van der Waals surface area contributed by atoms with E-state index < -0.39 is 17.6 Å². The van der Waals surface area contributed by atoms with Crippen molar-refractivity contribution in [3.05, 3.63) is 59.7 Å². The van der Waals surface area contributed by atoms with E-state index in [0.29, 0.717) is 32.1 Å². The lowest BCUT2D eigenvalue weighted by atomic mass is 9.92. The van der Waals surface area contributed by atoms with Gasteiger partial charge in [-0.15, -0.1) is 0 Å². The summed E-state index contributed by atoms with van der Waals surface area (Å²) in [6.07, 6.45) is 4.70. The number of amides is 2. The van der Waals surface area contributed by atoms with E-state index in [1.54, 1.807) is 0 Å². The molecule has 7 heteroatoms. The van der Waals surface area contributed by atoms with Gasteiger partial charge in [0.1, 0.15) is 6.61 Å². The number of carboxylic acids is 1. The smallest absolute Gasteiger partial charge is 0.407 e. The first-order valence-electron chi connectivity index (χ1n) is 12.6. The van der Waals surface area contributed by atoms with Crippen molar-refractivity contribution >= 4 is 18.0 Å². The number of aliphatic carboxylic acids is 1. The second kappa shape index (κ2) is 9.72. The summed E-state index contributed by atoms with van der Waals surface area (Å²) in [6, 6.07) is 16.3. The molecule has 0 unspecified atom stereocenters. The van der Waals surface area contributed by atoms with Gasteiger partial charge in [0.15, 0.2) is 0 Å². The molecule has 2 fully saturated rings. The maximum absolute atomic E-state index is 12.9. The molecule has 0 bridgehead atoms. The lowest BCUT2D eigenvalue weighted by molar-refractivity contribution is -0.139. The van der Waals surface area contributed by atoms with Gasteiger partial charge in [-0.05, 0) is 54.4 Å². The van der Waals surface area contributed by atoms with E-state index in [1.165, 1.54) is 22.3 Å². The zero-order valence-electron chi connectivity index (χ0n) is 19.8. The van der Waals surface area contributed by atoms with Crippen LogP contribution in [0, 0.1) is 5.92 Å². The van der Waals surface area contributed by atoms with E-state index in [9.17, 15) is 19.5 Å². The van der Waals surface area contributed by atoms with Crippen LogP contribution < -0.4 is 10.6 Å². The Kier molecular flexibility index (Phi) is 6.50. The van der Waals surface area contributed by atoms with Crippen LogP contribution in [0.5, 0.6) is 0 Å². The van der Waals surface area contributed by atoms with Gasteiger partial charge in [0.25, 0.3) is 0 Å². The van der Waals surface area contributed by atoms with E-state index in [-0.39, 0.29) is 36.8 Å². The summed E-state index contributed by atoms with van der Waals surface area (Å²) >= 11 is 0. The van der Waals surface area contributed by atoms with Crippen LogP contribution in [0.2, 0.25) is 0 Å². The van der Waals surface area contributed by atoms with Crippen LogP contribution >= 0.6 is 0 Å². The molecule has 2 aromatic rings. The molecule has 0 aromatic heterocycles. The zero-order valence-corrected chi connectivity index (χ0v) is 19.8. The number of benzene rings is 2. The van der Waals surface area contributed by atoms with Crippen molar-refractivity contribution in [2.45, 2.75) is 68.9 Å². The van der Waals surface area contributed by atoms with Gasteiger partial charge in [0.05, 0.1) is 12.0 Å². The second-order valence-electron chi connectivity index (χ2n) is 10.2. The minimum absolute atomic E-state index is 0.00657. The maximum Gasteiger partial charge on any atom is 0.407 e. The third kappa shape index (κ3) is 4.90. The third-order valence-electron chi connectivity index (χ3n) is 7.91. The van der Waals surface area contributed by atoms with Crippen LogP contribution in [0.25, 0.3) is 11.1 Å². The average molecular weight is 477 g/mol. The number of nitrogens with one attached hydrogen (secondary N) is 2. The summed E-state index contributed by atoms with van der Waals surface area (Å²) < 4.78 is 5.65. The fourth-order valence-corrected chi connectivity index (χ4v) is 6.21. The fourth-order valence-electron chi connectivity index (χ4n) is 6.21. The largest absolute Gasteiger partial charge is 0.481 e. The topological polar surface area (TPSA) is 105 Å². The van der Waals surface area contributed by atoms with Gasteiger partial charge < -0.3 is 20.5 Å². The number of fused-ring (bicyclic) bond motifs is 3. The molecule has 2 atom stereocenters. The summed E-state index contributed by atoms with van der Waals surface area (Å²) in [4.78, 5) is 36.8. The molecule has 5 rings (SSSR count). The number of carbonyl (C=O) groups excluding carboxylic acids is 2. The van der Waals surface area contributed by atoms with E-state index in [1.807, 2.05) is 24.3 Å². The lowest BCUT2D eigenvalue weighted by Gasteiger charge is -2.30. The van der Waals surface area contributed by atoms with Crippen molar-refractivity contribution in [3.63, 3.8) is 0 Å². The molecule has 0 spiro atoms. The van der Waals surface area contributed by atoms with Crippen molar-refractivity contribution < 1.29 is 24.2 Å². The van der Waals surface area contributed by atoms with Crippen molar-refractivity contribution in [2.75, 3.05) is 6.61 Å². The Bertz CT molecular complexity index is 1080. The molecule has 0 aliphatic heterocycles. The van der Waals surface area contributed by atoms with E-state index in [2.05, 4.69) is 34.9 Å². The van der Waals surface area contributed by atoms with Gasteiger partial charge in [0.2, 0.25) is 5.91 Å². The molecule has 184 valence electrons. The van der Waals surface area contributed by atoms with Crippen molar-refractivity contribution in [2.24, 2.45) is 5.92 Å². The number of ether oxygens (including phenoxy) is 1. The van der Waals surface area contributed by atoms with E-state index >= 15 is 0 Å². The molecule has 2 aromatic carbocycles. The van der Waals surface area contributed by atoms with Crippen molar-refractivity contribution in [1.82, 2.24) is 10.6 Å². The zero-order chi connectivity index (χ0) is 24.4. The Hall–Kier alpha value is -3.35. The third-order valence-corrected chi connectivity index (χ3v) is 7.91. The van der Waals surface area contributed by atoms with E-state index in [4.69, 9.17) is 4.74 Å². The molecular formula is C28H32N2O5. The number of hydrogen-bond acceptors (Lipinski definition) is 4. The van der Waals surface area contributed by atoms with Gasteiger partial charge in [-0.25, -0.2) is 4.79 Å². The lowest BCUT2D eigenvalue weighted by Crippen LogP contribution is -2.49. The molecule has 35 heavy (non-hydrogen) atoms. The van der Waals surface area contributed by atoms with Gasteiger partial charge >= 0.3 is 12.1 Å². The molecule has 7 nitrogen and oxygen atoms in total. The monoisotopic (exact) mass is 476 g/mol. The Balaban J connectivity index is 1.14. The highest BCUT2D eigenvalue weighted by atomic mass is 16.5.